The number of benzene rings is 1. The summed E-state index contributed by atoms with van der Waals surface area (Å²) in [6.07, 6.45) is 4.68. The van der Waals surface area contributed by atoms with Crippen LogP contribution in [0.3, 0.4) is 0 Å². The van der Waals surface area contributed by atoms with Crippen molar-refractivity contribution in [2.45, 2.75) is 39.5 Å². The highest BCUT2D eigenvalue weighted by Crippen LogP contribution is 2.25. The average molecular weight is 242 g/mol. The van der Waals surface area contributed by atoms with E-state index in [-0.39, 0.29) is 5.91 Å². The number of hydrogen-bond acceptors (Lipinski definition) is 2. The molecular formula is C15H18N2O. The number of aryl methyl sites for hydroxylation is 2. The van der Waals surface area contributed by atoms with Crippen LogP contribution in [-0.2, 0) is 17.6 Å². The van der Waals surface area contributed by atoms with Crippen molar-refractivity contribution in [2.24, 2.45) is 5.41 Å². The predicted octanol–water partition coefficient (Wildman–Crippen LogP) is 3.05. The molecule has 1 amide bonds. The number of amides is 1. The molecule has 0 atom stereocenters. The minimum absolute atomic E-state index is 0.249. The molecule has 1 aromatic rings. The molecule has 3 nitrogen and oxygen atoms in total. The van der Waals surface area contributed by atoms with Crippen molar-refractivity contribution >= 4 is 11.6 Å². The van der Waals surface area contributed by atoms with Gasteiger partial charge in [-0.3, -0.25) is 4.79 Å². The van der Waals surface area contributed by atoms with Gasteiger partial charge >= 0.3 is 0 Å². The van der Waals surface area contributed by atoms with E-state index in [0.29, 0.717) is 0 Å². The van der Waals surface area contributed by atoms with Gasteiger partial charge in [0.2, 0.25) is 5.91 Å². The lowest BCUT2D eigenvalue weighted by Gasteiger charge is -2.19. The number of hydrogen-bond donors (Lipinski definition) is 1. The van der Waals surface area contributed by atoms with Crippen LogP contribution in [0.1, 0.15) is 37.8 Å². The van der Waals surface area contributed by atoms with Crippen molar-refractivity contribution in [3.63, 3.8) is 0 Å². The molecule has 0 saturated heterocycles. The largest absolute Gasteiger partial charge is 0.325 e. The molecule has 0 radical (unpaired) electrons. The van der Waals surface area contributed by atoms with E-state index >= 15 is 0 Å². The molecule has 18 heavy (non-hydrogen) atoms. The van der Waals surface area contributed by atoms with Crippen molar-refractivity contribution in [3.05, 3.63) is 29.3 Å². The molecule has 0 bridgehead atoms. The zero-order valence-corrected chi connectivity index (χ0v) is 10.9. The van der Waals surface area contributed by atoms with Gasteiger partial charge in [0.25, 0.3) is 0 Å². The molecular weight excluding hydrogens is 224 g/mol. The fraction of sp³-hybridized carbons (Fsp3) is 0.467. The Morgan fingerprint density at radius 2 is 1.94 bits per heavy atom. The summed E-state index contributed by atoms with van der Waals surface area (Å²) >= 11 is 0. The lowest BCUT2D eigenvalue weighted by atomic mass is 9.91. The topological polar surface area (TPSA) is 52.9 Å². The monoisotopic (exact) mass is 242 g/mol. The Balaban J connectivity index is 2.16. The second-order valence-electron chi connectivity index (χ2n) is 5.38. The molecule has 2 rings (SSSR count). The first kappa shape index (κ1) is 12.6. The van der Waals surface area contributed by atoms with Gasteiger partial charge in [0.15, 0.2) is 0 Å². The Morgan fingerprint density at radius 1 is 1.28 bits per heavy atom. The van der Waals surface area contributed by atoms with Gasteiger partial charge in [0.05, 0.1) is 6.07 Å². The van der Waals surface area contributed by atoms with E-state index < -0.39 is 5.41 Å². The summed E-state index contributed by atoms with van der Waals surface area (Å²) in [6.45, 7) is 3.25. The number of nitriles is 1. The molecule has 1 N–H and O–H groups in total. The van der Waals surface area contributed by atoms with E-state index in [1.54, 1.807) is 13.8 Å². The van der Waals surface area contributed by atoms with E-state index in [2.05, 4.69) is 11.4 Å². The van der Waals surface area contributed by atoms with Crippen LogP contribution in [0.15, 0.2) is 18.2 Å². The summed E-state index contributed by atoms with van der Waals surface area (Å²) < 4.78 is 0. The Bertz CT molecular complexity index is 512. The van der Waals surface area contributed by atoms with Gasteiger partial charge in [-0.05, 0) is 62.8 Å². The molecule has 1 aliphatic rings. The number of carbonyl (C=O) groups is 1. The number of fused-ring (bicyclic) bond motifs is 1. The standard InChI is InChI=1S/C15H18N2O/c1-15(2,10-16)14(18)17-13-8-7-11-5-3-4-6-12(11)9-13/h7-9H,3-6H2,1-2H3,(H,17,18). The lowest BCUT2D eigenvalue weighted by molar-refractivity contribution is -0.121. The lowest BCUT2D eigenvalue weighted by Crippen LogP contribution is -2.29. The van der Waals surface area contributed by atoms with E-state index in [1.807, 2.05) is 18.2 Å². The van der Waals surface area contributed by atoms with Crippen molar-refractivity contribution < 1.29 is 4.79 Å². The van der Waals surface area contributed by atoms with Gasteiger partial charge < -0.3 is 5.32 Å². The number of nitrogens with one attached hydrogen (secondary N) is 1. The fourth-order valence-corrected chi connectivity index (χ4v) is 2.15. The Kier molecular flexibility index (Phi) is 3.38. The van der Waals surface area contributed by atoms with Crippen LogP contribution in [-0.4, -0.2) is 5.91 Å². The maximum atomic E-state index is 11.9. The van der Waals surface area contributed by atoms with Gasteiger partial charge in [-0.2, -0.15) is 5.26 Å². The van der Waals surface area contributed by atoms with Crippen molar-refractivity contribution in [1.82, 2.24) is 0 Å². The Labute approximate surface area is 108 Å². The van der Waals surface area contributed by atoms with E-state index in [0.717, 1.165) is 18.5 Å². The number of rotatable bonds is 2. The molecule has 0 spiro atoms. The highest BCUT2D eigenvalue weighted by molar-refractivity contribution is 5.96. The number of carbonyl (C=O) groups excluding carboxylic acids is 1. The maximum Gasteiger partial charge on any atom is 0.244 e. The van der Waals surface area contributed by atoms with Crippen LogP contribution in [0.25, 0.3) is 0 Å². The molecule has 94 valence electrons. The summed E-state index contributed by atoms with van der Waals surface area (Å²) in [6, 6.07) is 8.07. The Hall–Kier alpha value is -1.82. The highest BCUT2D eigenvalue weighted by atomic mass is 16.2. The molecule has 3 heteroatoms. The minimum atomic E-state index is -0.990. The third-order valence-electron chi connectivity index (χ3n) is 3.45. The summed E-state index contributed by atoms with van der Waals surface area (Å²) in [5.74, 6) is -0.249. The molecule has 1 aromatic carbocycles. The minimum Gasteiger partial charge on any atom is -0.325 e. The van der Waals surface area contributed by atoms with Crippen molar-refractivity contribution in [1.29, 1.82) is 5.26 Å². The molecule has 0 aliphatic heterocycles. The first-order valence-electron chi connectivity index (χ1n) is 6.37. The van der Waals surface area contributed by atoms with Gasteiger partial charge in [0, 0.05) is 5.69 Å². The number of nitrogens with zero attached hydrogens (tertiary/aromatic N) is 1. The second-order valence-corrected chi connectivity index (χ2v) is 5.38. The first-order chi connectivity index (χ1) is 8.53. The van der Waals surface area contributed by atoms with Gasteiger partial charge in [-0.1, -0.05) is 6.07 Å². The van der Waals surface area contributed by atoms with Crippen LogP contribution < -0.4 is 5.32 Å². The Morgan fingerprint density at radius 3 is 2.61 bits per heavy atom. The normalized spacial score (nSPS) is 14.5. The zero-order valence-electron chi connectivity index (χ0n) is 10.9. The first-order valence-corrected chi connectivity index (χ1v) is 6.37. The summed E-state index contributed by atoms with van der Waals surface area (Å²) in [5, 5.41) is 11.7. The van der Waals surface area contributed by atoms with Crippen LogP contribution in [0.4, 0.5) is 5.69 Å². The van der Waals surface area contributed by atoms with E-state index in [9.17, 15) is 4.79 Å². The quantitative estimate of drug-likeness (QED) is 0.866. The molecule has 0 aromatic heterocycles. The van der Waals surface area contributed by atoms with Gasteiger partial charge in [0.1, 0.15) is 5.41 Å². The number of anilines is 1. The fourth-order valence-electron chi connectivity index (χ4n) is 2.15. The predicted molar refractivity (Wildman–Crippen MR) is 71.1 cm³/mol. The van der Waals surface area contributed by atoms with E-state index in [1.165, 1.54) is 24.0 Å². The van der Waals surface area contributed by atoms with E-state index in [4.69, 9.17) is 5.26 Å². The molecule has 0 unspecified atom stereocenters. The molecule has 1 aliphatic carbocycles. The average Bonchev–Trinajstić information content (AvgIpc) is 2.38. The molecule has 0 heterocycles. The van der Waals surface area contributed by atoms with Crippen LogP contribution >= 0.6 is 0 Å². The smallest absolute Gasteiger partial charge is 0.244 e. The van der Waals surface area contributed by atoms with Crippen LogP contribution in [0, 0.1) is 16.7 Å². The highest BCUT2D eigenvalue weighted by Gasteiger charge is 2.27. The SMILES string of the molecule is CC(C)(C#N)C(=O)Nc1ccc2c(c1)CCCC2. The second kappa shape index (κ2) is 4.81. The molecule has 0 fully saturated rings. The third-order valence-corrected chi connectivity index (χ3v) is 3.45. The van der Waals surface area contributed by atoms with Crippen LogP contribution in [0.2, 0.25) is 0 Å². The molecule has 0 saturated carbocycles. The van der Waals surface area contributed by atoms with Crippen LogP contribution in [0.5, 0.6) is 0 Å². The van der Waals surface area contributed by atoms with Gasteiger partial charge in [-0.15, -0.1) is 0 Å². The van der Waals surface area contributed by atoms with Gasteiger partial charge in [-0.25, -0.2) is 0 Å². The third kappa shape index (κ3) is 2.53. The summed E-state index contributed by atoms with van der Waals surface area (Å²) in [5.41, 5.74) is 2.52. The van der Waals surface area contributed by atoms with Crippen molar-refractivity contribution in [3.8, 4) is 6.07 Å². The summed E-state index contributed by atoms with van der Waals surface area (Å²) in [4.78, 5) is 11.9. The summed E-state index contributed by atoms with van der Waals surface area (Å²) in [7, 11) is 0. The van der Waals surface area contributed by atoms with Crippen molar-refractivity contribution in [2.75, 3.05) is 5.32 Å². The maximum absolute atomic E-state index is 11.9. The zero-order chi connectivity index (χ0) is 13.2.